The van der Waals surface area contributed by atoms with Gasteiger partial charge in [0.1, 0.15) is 5.75 Å². The maximum Gasteiger partial charge on any atom is 0.119 e. The second-order valence-corrected chi connectivity index (χ2v) is 5.43. The van der Waals surface area contributed by atoms with Gasteiger partial charge < -0.3 is 10.5 Å². The molecule has 1 aromatic carbocycles. The van der Waals surface area contributed by atoms with Crippen LogP contribution in [0, 0.1) is 0 Å². The molecule has 1 aliphatic heterocycles. The fourth-order valence-corrected chi connectivity index (χ4v) is 2.52. The van der Waals surface area contributed by atoms with Crippen LogP contribution in [0.3, 0.4) is 0 Å². The Kier molecular flexibility index (Phi) is 4.42. The molecule has 0 saturated carbocycles. The number of hydrogen-bond donors (Lipinski definition) is 1. The quantitative estimate of drug-likeness (QED) is 0.931. The Bertz CT molecular complexity index is 376. The van der Waals surface area contributed by atoms with Crippen molar-refractivity contribution in [3.05, 3.63) is 28.2 Å². The molecule has 94 valence electrons. The van der Waals surface area contributed by atoms with Crippen LogP contribution in [0.1, 0.15) is 18.4 Å². The molecule has 1 fully saturated rings. The number of nitrogens with zero attached hydrogens (tertiary/aromatic N) is 1. The molecule has 0 aliphatic carbocycles. The molecule has 1 aliphatic rings. The topological polar surface area (TPSA) is 38.5 Å². The van der Waals surface area contributed by atoms with E-state index in [-0.39, 0.29) is 0 Å². The highest BCUT2D eigenvalue weighted by Crippen LogP contribution is 2.24. The SMILES string of the molecule is COc1ccc(Br)c(CN2CCC(N)CC2)c1. The highest BCUT2D eigenvalue weighted by atomic mass is 79.9. The van der Waals surface area contributed by atoms with Crippen LogP contribution >= 0.6 is 15.9 Å². The van der Waals surface area contributed by atoms with Gasteiger partial charge in [-0.05, 0) is 49.7 Å². The fourth-order valence-electron chi connectivity index (χ4n) is 2.15. The lowest BCUT2D eigenvalue weighted by Crippen LogP contribution is -2.39. The van der Waals surface area contributed by atoms with Crippen LogP contribution in [0.2, 0.25) is 0 Å². The zero-order valence-corrected chi connectivity index (χ0v) is 11.7. The van der Waals surface area contributed by atoms with E-state index in [1.54, 1.807) is 7.11 Å². The number of piperidine rings is 1. The lowest BCUT2D eigenvalue weighted by Gasteiger charge is -2.30. The average Bonchev–Trinajstić information content (AvgIpc) is 2.35. The van der Waals surface area contributed by atoms with Gasteiger partial charge in [-0.3, -0.25) is 4.90 Å². The normalized spacial score (nSPS) is 18.3. The molecule has 0 spiro atoms. The van der Waals surface area contributed by atoms with E-state index in [4.69, 9.17) is 10.5 Å². The monoisotopic (exact) mass is 298 g/mol. The molecule has 0 unspecified atom stereocenters. The third-order valence-electron chi connectivity index (χ3n) is 3.28. The van der Waals surface area contributed by atoms with E-state index in [1.807, 2.05) is 12.1 Å². The smallest absolute Gasteiger partial charge is 0.119 e. The van der Waals surface area contributed by atoms with Crippen LogP contribution in [-0.4, -0.2) is 31.1 Å². The number of methoxy groups -OCH3 is 1. The van der Waals surface area contributed by atoms with Crippen molar-refractivity contribution in [3.63, 3.8) is 0 Å². The number of nitrogens with two attached hydrogens (primary N) is 1. The molecule has 0 radical (unpaired) electrons. The third kappa shape index (κ3) is 3.44. The number of likely N-dealkylation sites (tertiary alicyclic amines) is 1. The summed E-state index contributed by atoms with van der Waals surface area (Å²) < 4.78 is 6.40. The van der Waals surface area contributed by atoms with Crippen LogP contribution in [0.4, 0.5) is 0 Å². The molecular weight excluding hydrogens is 280 g/mol. The van der Waals surface area contributed by atoms with Gasteiger partial charge in [0.25, 0.3) is 0 Å². The molecular formula is C13H19BrN2O. The fraction of sp³-hybridized carbons (Fsp3) is 0.538. The van der Waals surface area contributed by atoms with E-state index in [0.717, 1.165) is 42.7 Å². The Balaban J connectivity index is 2.02. The highest BCUT2D eigenvalue weighted by Gasteiger charge is 2.16. The third-order valence-corrected chi connectivity index (χ3v) is 4.05. The van der Waals surface area contributed by atoms with Gasteiger partial charge in [-0.2, -0.15) is 0 Å². The van der Waals surface area contributed by atoms with Crippen molar-refractivity contribution in [2.24, 2.45) is 5.73 Å². The number of halogens is 1. The first kappa shape index (κ1) is 12.9. The summed E-state index contributed by atoms with van der Waals surface area (Å²) in [6.07, 6.45) is 2.20. The van der Waals surface area contributed by atoms with E-state index in [9.17, 15) is 0 Å². The minimum Gasteiger partial charge on any atom is -0.497 e. The molecule has 0 aromatic heterocycles. The minimum absolute atomic E-state index is 0.389. The van der Waals surface area contributed by atoms with Crippen molar-refractivity contribution in [3.8, 4) is 5.75 Å². The Morgan fingerprint density at radius 3 is 2.76 bits per heavy atom. The van der Waals surface area contributed by atoms with E-state index in [2.05, 4.69) is 26.9 Å². The summed E-state index contributed by atoms with van der Waals surface area (Å²) in [6.45, 7) is 3.14. The predicted octanol–water partition coefficient (Wildman–Crippen LogP) is 2.38. The van der Waals surface area contributed by atoms with Crippen LogP contribution in [0.15, 0.2) is 22.7 Å². The van der Waals surface area contributed by atoms with E-state index < -0.39 is 0 Å². The van der Waals surface area contributed by atoms with Crippen molar-refractivity contribution in [2.75, 3.05) is 20.2 Å². The molecule has 2 rings (SSSR count). The van der Waals surface area contributed by atoms with Crippen molar-refractivity contribution in [2.45, 2.75) is 25.4 Å². The van der Waals surface area contributed by atoms with Crippen molar-refractivity contribution < 1.29 is 4.74 Å². The lowest BCUT2D eigenvalue weighted by atomic mass is 10.1. The molecule has 4 heteroatoms. The molecule has 17 heavy (non-hydrogen) atoms. The molecule has 3 nitrogen and oxygen atoms in total. The largest absolute Gasteiger partial charge is 0.497 e. The van der Waals surface area contributed by atoms with Gasteiger partial charge in [0.15, 0.2) is 0 Å². The number of ether oxygens (including phenoxy) is 1. The standard InChI is InChI=1S/C13H19BrN2O/c1-17-12-2-3-13(14)10(8-12)9-16-6-4-11(15)5-7-16/h2-3,8,11H,4-7,9,15H2,1H3. The lowest BCUT2D eigenvalue weighted by molar-refractivity contribution is 0.205. The maximum absolute atomic E-state index is 5.91. The summed E-state index contributed by atoms with van der Waals surface area (Å²) in [7, 11) is 1.70. The first-order chi connectivity index (χ1) is 8.19. The van der Waals surface area contributed by atoms with Crippen LogP contribution in [-0.2, 0) is 6.54 Å². The van der Waals surface area contributed by atoms with Gasteiger partial charge in [0.05, 0.1) is 7.11 Å². The Hall–Kier alpha value is -0.580. The first-order valence-corrected chi connectivity index (χ1v) is 6.78. The molecule has 0 atom stereocenters. The second kappa shape index (κ2) is 5.85. The van der Waals surface area contributed by atoms with Gasteiger partial charge in [-0.1, -0.05) is 15.9 Å². The van der Waals surface area contributed by atoms with Gasteiger partial charge in [-0.15, -0.1) is 0 Å². The summed E-state index contributed by atoms with van der Waals surface area (Å²) in [5.74, 6) is 0.914. The molecule has 1 heterocycles. The van der Waals surface area contributed by atoms with Gasteiger partial charge in [0.2, 0.25) is 0 Å². The summed E-state index contributed by atoms with van der Waals surface area (Å²) in [5, 5.41) is 0. The number of hydrogen-bond acceptors (Lipinski definition) is 3. The van der Waals surface area contributed by atoms with Gasteiger partial charge >= 0.3 is 0 Å². The van der Waals surface area contributed by atoms with Crippen molar-refractivity contribution >= 4 is 15.9 Å². The van der Waals surface area contributed by atoms with E-state index >= 15 is 0 Å². The molecule has 1 aromatic rings. The molecule has 1 saturated heterocycles. The Morgan fingerprint density at radius 2 is 2.12 bits per heavy atom. The van der Waals surface area contributed by atoms with E-state index in [1.165, 1.54) is 5.56 Å². The highest BCUT2D eigenvalue weighted by molar-refractivity contribution is 9.10. The van der Waals surface area contributed by atoms with Gasteiger partial charge in [0, 0.05) is 17.1 Å². The minimum atomic E-state index is 0.389. The Labute approximate surface area is 111 Å². The number of rotatable bonds is 3. The number of benzene rings is 1. The van der Waals surface area contributed by atoms with Crippen molar-refractivity contribution in [1.29, 1.82) is 0 Å². The first-order valence-electron chi connectivity index (χ1n) is 5.99. The average molecular weight is 299 g/mol. The molecule has 2 N–H and O–H groups in total. The Morgan fingerprint density at radius 1 is 1.41 bits per heavy atom. The summed E-state index contributed by atoms with van der Waals surface area (Å²) in [5.41, 5.74) is 7.19. The van der Waals surface area contributed by atoms with Crippen LogP contribution in [0.25, 0.3) is 0 Å². The van der Waals surface area contributed by atoms with Crippen molar-refractivity contribution in [1.82, 2.24) is 4.90 Å². The van der Waals surface area contributed by atoms with E-state index in [0.29, 0.717) is 6.04 Å². The second-order valence-electron chi connectivity index (χ2n) is 4.57. The zero-order valence-electron chi connectivity index (χ0n) is 10.2. The predicted molar refractivity (Wildman–Crippen MR) is 73.2 cm³/mol. The maximum atomic E-state index is 5.91. The zero-order chi connectivity index (χ0) is 12.3. The van der Waals surface area contributed by atoms with Gasteiger partial charge in [-0.25, -0.2) is 0 Å². The summed E-state index contributed by atoms with van der Waals surface area (Å²) in [6, 6.07) is 6.50. The molecule has 0 bridgehead atoms. The van der Waals surface area contributed by atoms with Crippen LogP contribution in [0.5, 0.6) is 5.75 Å². The van der Waals surface area contributed by atoms with Crippen LogP contribution < -0.4 is 10.5 Å². The summed E-state index contributed by atoms with van der Waals surface area (Å²) in [4.78, 5) is 2.45. The summed E-state index contributed by atoms with van der Waals surface area (Å²) >= 11 is 3.59. The molecule has 0 amide bonds.